The molecular formula is C27H32FN3O4. The normalized spacial score (nSPS) is 14.3. The summed E-state index contributed by atoms with van der Waals surface area (Å²) in [6.07, 6.45) is 0. The molecule has 1 aliphatic rings. The van der Waals surface area contributed by atoms with Crippen LogP contribution in [0.4, 0.5) is 4.39 Å². The summed E-state index contributed by atoms with van der Waals surface area (Å²) in [5.74, 6) is 1.27. The molecule has 8 heteroatoms. The fourth-order valence-electron chi connectivity index (χ4n) is 4.10. The van der Waals surface area contributed by atoms with Gasteiger partial charge in [-0.15, -0.1) is 0 Å². The number of carbonyl (C=O) groups is 1. The molecule has 186 valence electrons. The lowest BCUT2D eigenvalue weighted by molar-refractivity contribution is 0.0382. The third-order valence-corrected chi connectivity index (χ3v) is 5.94. The Hall–Kier alpha value is -3.20. The molecule has 0 bridgehead atoms. The van der Waals surface area contributed by atoms with E-state index in [-0.39, 0.29) is 17.5 Å². The Balaban J connectivity index is 1.37. The summed E-state index contributed by atoms with van der Waals surface area (Å²) in [6.45, 7) is 6.21. The van der Waals surface area contributed by atoms with E-state index in [1.807, 2.05) is 36.4 Å². The summed E-state index contributed by atoms with van der Waals surface area (Å²) >= 11 is 0. The van der Waals surface area contributed by atoms with Crippen LogP contribution in [0.3, 0.4) is 0 Å². The Labute approximate surface area is 205 Å². The average Bonchev–Trinajstić information content (AvgIpc) is 3.34. The minimum absolute atomic E-state index is 0.226. The number of hydrogen-bond acceptors (Lipinski definition) is 6. The molecule has 1 N–H and O–H groups in total. The van der Waals surface area contributed by atoms with Gasteiger partial charge in [0, 0.05) is 39.3 Å². The highest BCUT2D eigenvalue weighted by molar-refractivity contribution is 5.91. The first kappa shape index (κ1) is 24.9. The number of nitrogens with one attached hydrogen (secondary N) is 1. The van der Waals surface area contributed by atoms with Gasteiger partial charge >= 0.3 is 0 Å². The maximum absolute atomic E-state index is 13.8. The van der Waals surface area contributed by atoms with Crippen molar-refractivity contribution in [2.45, 2.75) is 19.6 Å². The van der Waals surface area contributed by atoms with Crippen molar-refractivity contribution in [3.05, 3.63) is 89.1 Å². The highest BCUT2D eigenvalue weighted by atomic mass is 19.1. The smallest absolute Gasteiger partial charge is 0.287 e. The lowest BCUT2D eigenvalue weighted by Gasteiger charge is -2.26. The molecule has 4 rings (SSSR count). The number of halogens is 1. The van der Waals surface area contributed by atoms with Crippen molar-refractivity contribution in [2.75, 3.05) is 46.5 Å². The molecule has 1 fully saturated rings. The molecule has 1 saturated heterocycles. The van der Waals surface area contributed by atoms with Crippen LogP contribution in [-0.4, -0.2) is 62.2 Å². The second-order valence-electron chi connectivity index (χ2n) is 8.60. The Kier molecular flexibility index (Phi) is 8.89. The zero-order valence-electron chi connectivity index (χ0n) is 20.0. The van der Waals surface area contributed by atoms with Crippen LogP contribution < -0.4 is 10.1 Å². The molecule has 0 radical (unpaired) electrons. The first-order valence-corrected chi connectivity index (χ1v) is 11.9. The SMILES string of the molecule is COc1ccc(CN(Cc2cccc(F)c2)Cc2ccc(C(=O)NCCN3CCOCC3)o2)cc1. The van der Waals surface area contributed by atoms with Crippen molar-refractivity contribution in [3.8, 4) is 5.75 Å². The van der Waals surface area contributed by atoms with E-state index in [9.17, 15) is 9.18 Å². The van der Waals surface area contributed by atoms with E-state index in [2.05, 4.69) is 15.1 Å². The molecule has 35 heavy (non-hydrogen) atoms. The van der Waals surface area contributed by atoms with E-state index in [1.165, 1.54) is 12.1 Å². The number of rotatable bonds is 11. The van der Waals surface area contributed by atoms with E-state index >= 15 is 0 Å². The van der Waals surface area contributed by atoms with Gasteiger partial charge in [0.25, 0.3) is 5.91 Å². The Morgan fingerprint density at radius 3 is 2.54 bits per heavy atom. The summed E-state index contributed by atoms with van der Waals surface area (Å²) in [6, 6.07) is 18.0. The lowest BCUT2D eigenvalue weighted by Crippen LogP contribution is -2.41. The Morgan fingerprint density at radius 1 is 1.03 bits per heavy atom. The highest BCUT2D eigenvalue weighted by Crippen LogP contribution is 2.19. The Morgan fingerprint density at radius 2 is 1.80 bits per heavy atom. The minimum Gasteiger partial charge on any atom is -0.497 e. The molecule has 3 aromatic rings. The number of methoxy groups -OCH3 is 1. The van der Waals surface area contributed by atoms with Crippen LogP contribution in [0.2, 0.25) is 0 Å². The predicted molar refractivity (Wildman–Crippen MR) is 131 cm³/mol. The zero-order valence-corrected chi connectivity index (χ0v) is 20.0. The molecule has 2 heterocycles. The quantitative estimate of drug-likeness (QED) is 0.451. The van der Waals surface area contributed by atoms with Crippen molar-refractivity contribution in [3.63, 3.8) is 0 Å². The molecule has 1 aliphatic heterocycles. The van der Waals surface area contributed by atoms with E-state index in [1.54, 1.807) is 19.2 Å². The van der Waals surface area contributed by atoms with E-state index in [0.29, 0.717) is 31.9 Å². The van der Waals surface area contributed by atoms with Crippen LogP contribution in [0.15, 0.2) is 65.1 Å². The molecule has 0 unspecified atom stereocenters. The standard InChI is InChI=1S/C27H32FN3O4/c1-33-24-7-5-21(6-8-24)18-31(19-22-3-2-4-23(28)17-22)20-25-9-10-26(35-25)27(32)29-11-12-30-13-15-34-16-14-30/h2-10,17H,11-16,18-20H2,1H3,(H,29,32). The van der Waals surface area contributed by atoms with Gasteiger partial charge in [0.05, 0.1) is 26.9 Å². The predicted octanol–water partition coefficient (Wildman–Crippen LogP) is 3.69. The average molecular weight is 482 g/mol. The van der Waals surface area contributed by atoms with Gasteiger partial charge < -0.3 is 19.2 Å². The largest absolute Gasteiger partial charge is 0.497 e. The highest BCUT2D eigenvalue weighted by Gasteiger charge is 2.16. The van der Waals surface area contributed by atoms with Gasteiger partial charge in [0.1, 0.15) is 17.3 Å². The van der Waals surface area contributed by atoms with Crippen molar-refractivity contribution in [1.82, 2.24) is 15.1 Å². The van der Waals surface area contributed by atoms with E-state index < -0.39 is 0 Å². The van der Waals surface area contributed by atoms with E-state index in [0.717, 1.165) is 49.7 Å². The van der Waals surface area contributed by atoms with Gasteiger partial charge in [-0.2, -0.15) is 0 Å². The monoisotopic (exact) mass is 481 g/mol. The molecule has 1 amide bonds. The summed E-state index contributed by atoms with van der Waals surface area (Å²) in [5, 5.41) is 2.93. The third kappa shape index (κ3) is 7.65. The molecule has 2 aromatic carbocycles. The first-order valence-electron chi connectivity index (χ1n) is 11.9. The van der Waals surface area contributed by atoms with Crippen LogP contribution in [0.25, 0.3) is 0 Å². The summed E-state index contributed by atoms with van der Waals surface area (Å²) in [7, 11) is 1.64. The number of benzene rings is 2. The molecule has 0 atom stereocenters. The van der Waals surface area contributed by atoms with Crippen LogP contribution in [0.1, 0.15) is 27.4 Å². The fourth-order valence-corrected chi connectivity index (χ4v) is 4.10. The van der Waals surface area contributed by atoms with Crippen molar-refractivity contribution >= 4 is 5.91 Å². The molecule has 7 nitrogen and oxygen atoms in total. The number of hydrogen-bond donors (Lipinski definition) is 1. The first-order chi connectivity index (χ1) is 17.1. The molecular weight excluding hydrogens is 449 g/mol. The summed E-state index contributed by atoms with van der Waals surface area (Å²) in [4.78, 5) is 17.0. The molecule has 1 aromatic heterocycles. The van der Waals surface area contributed by atoms with Gasteiger partial charge in [0.2, 0.25) is 0 Å². The summed E-state index contributed by atoms with van der Waals surface area (Å²) < 4.78 is 30.2. The fraction of sp³-hybridized carbons (Fsp3) is 0.370. The number of amides is 1. The number of morpholine rings is 1. The second kappa shape index (κ2) is 12.5. The van der Waals surface area contributed by atoms with Crippen LogP contribution in [0, 0.1) is 5.82 Å². The van der Waals surface area contributed by atoms with Gasteiger partial charge in [-0.3, -0.25) is 14.6 Å². The molecule has 0 spiro atoms. The number of ether oxygens (including phenoxy) is 2. The second-order valence-corrected chi connectivity index (χ2v) is 8.60. The van der Waals surface area contributed by atoms with Crippen molar-refractivity contribution < 1.29 is 23.1 Å². The third-order valence-electron chi connectivity index (χ3n) is 5.94. The van der Waals surface area contributed by atoms with Gasteiger partial charge in [-0.1, -0.05) is 24.3 Å². The van der Waals surface area contributed by atoms with Gasteiger partial charge in [-0.25, -0.2) is 4.39 Å². The van der Waals surface area contributed by atoms with Gasteiger partial charge in [-0.05, 0) is 47.5 Å². The molecule has 0 saturated carbocycles. The number of furan rings is 1. The maximum atomic E-state index is 13.8. The van der Waals surface area contributed by atoms with Crippen molar-refractivity contribution in [2.24, 2.45) is 0 Å². The van der Waals surface area contributed by atoms with Crippen LogP contribution >= 0.6 is 0 Å². The van der Waals surface area contributed by atoms with Crippen molar-refractivity contribution in [1.29, 1.82) is 0 Å². The molecule has 0 aliphatic carbocycles. The number of nitrogens with zero attached hydrogens (tertiary/aromatic N) is 2. The topological polar surface area (TPSA) is 67.2 Å². The maximum Gasteiger partial charge on any atom is 0.287 e. The van der Waals surface area contributed by atoms with Crippen LogP contribution in [0.5, 0.6) is 5.75 Å². The van der Waals surface area contributed by atoms with Gasteiger partial charge in [0.15, 0.2) is 5.76 Å². The Bertz CT molecular complexity index is 1080. The zero-order chi connectivity index (χ0) is 24.5. The van der Waals surface area contributed by atoms with Crippen LogP contribution in [-0.2, 0) is 24.4 Å². The van der Waals surface area contributed by atoms with E-state index in [4.69, 9.17) is 13.9 Å². The summed E-state index contributed by atoms with van der Waals surface area (Å²) in [5.41, 5.74) is 1.96. The minimum atomic E-state index is -0.263. The number of carbonyl (C=O) groups excluding carboxylic acids is 1. The lowest BCUT2D eigenvalue weighted by atomic mass is 10.1.